The lowest BCUT2D eigenvalue weighted by Crippen LogP contribution is -2.57. The average Bonchev–Trinajstić information content (AvgIpc) is 3.30. The number of anilines is 2. The molecule has 3 aliphatic rings. The van der Waals surface area contributed by atoms with E-state index in [1.165, 1.54) is 0 Å². The number of rotatable bonds is 5. The zero-order chi connectivity index (χ0) is 25.7. The lowest BCUT2D eigenvalue weighted by Gasteiger charge is -2.42. The van der Waals surface area contributed by atoms with Gasteiger partial charge in [-0.25, -0.2) is 4.79 Å². The summed E-state index contributed by atoms with van der Waals surface area (Å²) in [7, 11) is 0. The van der Waals surface area contributed by atoms with E-state index >= 15 is 0 Å². The van der Waals surface area contributed by atoms with Gasteiger partial charge >= 0.3 is 6.09 Å². The van der Waals surface area contributed by atoms with E-state index in [1.807, 2.05) is 47.4 Å². The number of hydrogen-bond acceptors (Lipinski definition) is 4. The van der Waals surface area contributed by atoms with Crippen molar-refractivity contribution < 1.29 is 14.3 Å². The van der Waals surface area contributed by atoms with Crippen molar-refractivity contribution in [2.75, 3.05) is 10.2 Å². The van der Waals surface area contributed by atoms with Crippen LogP contribution in [-0.4, -0.2) is 24.3 Å². The van der Waals surface area contributed by atoms with Crippen molar-refractivity contribution in [3.8, 4) is 0 Å². The van der Waals surface area contributed by atoms with Crippen molar-refractivity contribution in [2.24, 2.45) is 0 Å². The quantitative estimate of drug-likeness (QED) is 0.367. The molecule has 1 saturated carbocycles. The van der Waals surface area contributed by atoms with E-state index in [1.54, 1.807) is 18.2 Å². The normalized spacial score (nSPS) is 22.2. The molecule has 2 unspecified atom stereocenters. The minimum atomic E-state index is -1.25. The highest BCUT2D eigenvalue weighted by Gasteiger charge is 2.56. The number of carbonyl (C=O) groups is 2. The minimum absolute atomic E-state index is 0.122. The maximum atomic E-state index is 14.1. The SMILES string of the molecule is O=C(NC1CCC1)OC1Cc2ccc(Cl)cc2N1C1(Cc2cccc(Cl)c2)C(=O)Nc2cc(Cl)ccc21. The standard InChI is InChI=1S/C28H24Cl3N3O3/c29-18-4-1-3-16(11-18)15-28(22-10-9-19(30)13-23(22)33-26(28)35)34-24-14-20(31)8-7-17(24)12-25(34)37-27(36)32-21-5-2-6-21/h1,3-4,7-11,13-14,21,25H,2,5-6,12,15H2,(H,32,36)(H,33,35). The van der Waals surface area contributed by atoms with Gasteiger partial charge in [0, 0.05) is 50.9 Å². The zero-order valence-corrected chi connectivity index (χ0v) is 22.0. The van der Waals surface area contributed by atoms with Gasteiger partial charge in [-0.15, -0.1) is 0 Å². The molecule has 1 aliphatic carbocycles. The van der Waals surface area contributed by atoms with Crippen LogP contribution in [0.5, 0.6) is 0 Å². The third-order valence-electron chi connectivity index (χ3n) is 7.47. The molecule has 2 atom stereocenters. The molecule has 0 spiro atoms. The predicted molar refractivity (Wildman–Crippen MR) is 146 cm³/mol. The van der Waals surface area contributed by atoms with Crippen LogP contribution in [0.4, 0.5) is 16.2 Å². The van der Waals surface area contributed by atoms with Gasteiger partial charge in [-0.1, -0.05) is 59.1 Å². The summed E-state index contributed by atoms with van der Waals surface area (Å²) in [5.41, 5.74) is 2.65. The number of amides is 2. The van der Waals surface area contributed by atoms with Crippen molar-refractivity contribution in [1.82, 2.24) is 5.32 Å². The molecule has 2 heterocycles. The number of benzene rings is 3. The molecule has 6 nitrogen and oxygen atoms in total. The zero-order valence-electron chi connectivity index (χ0n) is 19.8. The number of halogens is 3. The first-order valence-electron chi connectivity index (χ1n) is 12.2. The van der Waals surface area contributed by atoms with E-state index < -0.39 is 17.9 Å². The lowest BCUT2D eigenvalue weighted by molar-refractivity contribution is -0.121. The monoisotopic (exact) mass is 555 g/mol. The van der Waals surface area contributed by atoms with Crippen LogP contribution >= 0.6 is 34.8 Å². The first-order valence-corrected chi connectivity index (χ1v) is 13.4. The summed E-state index contributed by atoms with van der Waals surface area (Å²) >= 11 is 19.1. The van der Waals surface area contributed by atoms with Crippen LogP contribution in [0.15, 0.2) is 60.7 Å². The lowest BCUT2D eigenvalue weighted by atomic mass is 9.82. The maximum Gasteiger partial charge on any atom is 0.409 e. The van der Waals surface area contributed by atoms with Crippen LogP contribution in [0, 0.1) is 0 Å². The molecule has 3 aromatic rings. The second-order valence-electron chi connectivity index (χ2n) is 9.79. The molecule has 2 N–H and O–H groups in total. The second kappa shape index (κ2) is 9.43. The molecule has 37 heavy (non-hydrogen) atoms. The second-order valence-corrected chi connectivity index (χ2v) is 11.1. The first-order chi connectivity index (χ1) is 17.8. The summed E-state index contributed by atoms with van der Waals surface area (Å²) in [6, 6.07) is 18.5. The maximum absolute atomic E-state index is 14.1. The summed E-state index contributed by atoms with van der Waals surface area (Å²) in [5, 5.41) is 7.58. The molecule has 0 saturated heterocycles. The summed E-state index contributed by atoms with van der Waals surface area (Å²) < 4.78 is 6.04. The van der Waals surface area contributed by atoms with Crippen molar-refractivity contribution in [1.29, 1.82) is 0 Å². The number of nitrogens with zero attached hydrogens (tertiary/aromatic N) is 1. The Morgan fingerprint density at radius 2 is 1.78 bits per heavy atom. The third-order valence-corrected chi connectivity index (χ3v) is 8.18. The minimum Gasteiger partial charge on any atom is -0.425 e. The Morgan fingerprint density at radius 1 is 1.03 bits per heavy atom. The number of ether oxygens (including phenoxy) is 1. The highest BCUT2D eigenvalue weighted by molar-refractivity contribution is 6.31. The molecular formula is C28H24Cl3N3O3. The van der Waals surface area contributed by atoms with Crippen molar-refractivity contribution in [3.05, 3.63) is 92.4 Å². The molecule has 9 heteroatoms. The number of alkyl carbamates (subject to hydrolysis) is 1. The fourth-order valence-corrected chi connectivity index (χ4v) is 6.11. The Bertz CT molecular complexity index is 1410. The van der Waals surface area contributed by atoms with Crippen LogP contribution in [0.3, 0.4) is 0 Å². The van der Waals surface area contributed by atoms with Gasteiger partial charge in [0.1, 0.15) is 0 Å². The van der Waals surface area contributed by atoms with Crippen LogP contribution < -0.4 is 15.5 Å². The largest absolute Gasteiger partial charge is 0.425 e. The van der Waals surface area contributed by atoms with Gasteiger partial charge in [0.15, 0.2) is 11.8 Å². The Kier molecular flexibility index (Phi) is 6.22. The molecule has 2 amide bonds. The smallest absolute Gasteiger partial charge is 0.409 e. The highest BCUT2D eigenvalue weighted by atomic mass is 35.5. The Balaban J connectivity index is 1.50. The Morgan fingerprint density at radius 3 is 2.54 bits per heavy atom. The fourth-order valence-electron chi connectivity index (χ4n) is 5.56. The number of hydrogen-bond donors (Lipinski definition) is 2. The van der Waals surface area contributed by atoms with E-state index in [-0.39, 0.29) is 18.4 Å². The molecule has 3 aromatic carbocycles. The first kappa shape index (κ1) is 24.4. The molecule has 6 rings (SSSR count). The number of fused-ring (bicyclic) bond motifs is 2. The molecular weight excluding hydrogens is 533 g/mol. The van der Waals surface area contributed by atoms with Crippen molar-refractivity contribution >= 4 is 58.2 Å². The number of nitrogens with one attached hydrogen (secondary N) is 2. The fraction of sp³-hybridized carbons (Fsp3) is 0.286. The molecule has 0 radical (unpaired) electrons. The van der Waals surface area contributed by atoms with E-state index in [2.05, 4.69) is 10.6 Å². The summed E-state index contributed by atoms with van der Waals surface area (Å²) in [4.78, 5) is 28.9. The van der Waals surface area contributed by atoms with Gasteiger partial charge in [-0.05, 0) is 66.8 Å². The Labute approximate surface area is 229 Å². The Hall–Kier alpha value is -2.93. The van der Waals surface area contributed by atoms with Crippen molar-refractivity contribution in [2.45, 2.75) is 49.9 Å². The predicted octanol–water partition coefficient (Wildman–Crippen LogP) is 6.70. The van der Waals surface area contributed by atoms with E-state index in [0.717, 1.165) is 41.6 Å². The van der Waals surface area contributed by atoms with Gasteiger partial charge in [-0.2, -0.15) is 0 Å². The molecule has 1 fully saturated rings. The molecule has 0 aromatic heterocycles. The van der Waals surface area contributed by atoms with Crippen LogP contribution in [0.25, 0.3) is 0 Å². The average molecular weight is 557 g/mol. The van der Waals surface area contributed by atoms with Crippen LogP contribution in [-0.2, 0) is 27.9 Å². The van der Waals surface area contributed by atoms with Gasteiger partial charge in [-0.3, -0.25) is 4.79 Å². The van der Waals surface area contributed by atoms with E-state index in [0.29, 0.717) is 27.2 Å². The summed E-state index contributed by atoms with van der Waals surface area (Å²) in [6.07, 6.45) is 2.43. The topological polar surface area (TPSA) is 70.7 Å². The molecule has 0 bridgehead atoms. The third kappa shape index (κ3) is 4.31. The molecule has 2 aliphatic heterocycles. The van der Waals surface area contributed by atoms with Gasteiger partial charge in [0.05, 0.1) is 0 Å². The van der Waals surface area contributed by atoms with E-state index in [4.69, 9.17) is 39.5 Å². The van der Waals surface area contributed by atoms with Crippen molar-refractivity contribution in [3.63, 3.8) is 0 Å². The van der Waals surface area contributed by atoms with E-state index in [9.17, 15) is 9.59 Å². The van der Waals surface area contributed by atoms with Crippen LogP contribution in [0.1, 0.15) is 36.0 Å². The van der Waals surface area contributed by atoms with Gasteiger partial charge < -0.3 is 20.3 Å². The highest BCUT2D eigenvalue weighted by Crippen LogP contribution is 2.50. The van der Waals surface area contributed by atoms with Crippen LogP contribution in [0.2, 0.25) is 15.1 Å². The van der Waals surface area contributed by atoms with Gasteiger partial charge in [0.25, 0.3) is 5.91 Å². The van der Waals surface area contributed by atoms with Gasteiger partial charge in [0.2, 0.25) is 0 Å². The number of carbonyl (C=O) groups excluding carboxylic acids is 2. The summed E-state index contributed by atoms with van der Waals surface area (Å²) in [5.74, 6) is -0.245. The molecule has 190 valence electrons. The summed E-state index contributed by atoms with van der Waals surface area (Å²) in [6.45, 7) is 0.